The van der Waals surface area contributed by atoms with Gasteiger partial charge in [-0.1, -0.05) is 43.7 Å². The van der Waals surface area contributed by atoms with E-state index in [1.54, 1.807) is 6.07 Å². The first-order valence-electron chi connectivity index (χ1n) is 9.03. The van der Waals surface area contributed by atoms with Gasteiger partial charge in [-0.25, -0.2) is 0 Å². The maximum absolute atomic E-state index is 12.4. The molecule has 0 saturated carbocycles. The van der Waals surface area contributed by atoms with Crippen molar-refractivity contribution in [2.45, 2.75) is 38.7 Å². The molecule has 0 aliphatic carbocycles. The Hall–Kier alpha value is -1.44. The van der Waals surface area contributed by atoms with Crippen molar-refractivity contribution in [3.8, 4) is 5.75 Å². The van der Waals surface area contributed by atoms with Gasteiger partial charge in [0.15, 0.2) is 5.78 Å². The molecule has 150 valence electrons. The molecule has 1 unspecified atom stereocenters. The van der Waals surface area contributed by atoms with Crippen LogP contribution in [0.3, 0.4) is 0 Å². The second-order valence-electron chi connectivity index (χ2n) is 6.05. The van der Waals surface area contributed by atoms with E-state index >= 15 is 0 Å². The summed E-state index contributed by atoms with van der Waals surface area (Å²) in [4.78, 5) is 13.1. The van der Waals surface area contributed by atoms with Crippen molar-refractivity contribution in [2.75, 3.05) is 19.7 Å². The van der Waals surface area contributed by atoms with E-state index < -0.39 is 6.10 Å². The number of thiophene rings is 1. The Bertz CT molecular complexity index is 636. The van der Waals surface area contributed by atoms with Gasteiger partial charge in [0.05, 0.1) is 11.9 Å². The van der Waals surface area contributed by atoms with Crippen molar-refractivity contribution in [2.24, 2.45) is 0 Å². The lowest BCUT2D eigenvalue weighted by Gasteiger charge is -2.13. The fourth-order valence-corrected chi connectivity index (χ4v) is 3.25. The largest absolute Gasteiger partial charge is 0.489 e. The minimum Gasteiger partial charge on any atom is -0.489 e. The molecule has 0 aliphatic rings. The number of Topliss-reactive ketones (excluding diaryl/α,β-unsaturated/α-hetero) is 1. The summed E-state index contributed by atoms with van der Waals surface area (Å²) in [7, 11) is 0. The predicted molar refractivity (Wildman–Crippen MR) is 111 cm³/mol. The van der Waals surface area contributed by atoms with Gasteiger partial charge in [0, 0.05) is 13.0 Å². The minimum atomic E-state index is -0.580. The number of nitrogens with one attached hydrogen (secondary N) is 1. The number of ketones is 1. The van der Waals surface area contributed by atoms with Crippen LogP contribution in [0.4, 0.5) is 0 Å². The van der Waals surface area contributed by atoms with Crippen LogP contribution in [-0.2, 0) is 6.42 Å². The number of aryl methyl sites for hydroxylation is 1. The third kappa shape index (κ3) is 9.35. The fraction of sp³-hybridized carbons (Fsp3) is 0.450. The summed E-state index contributed by atoms with van der Waals surface area (Å²) < 4.78 is 12.1. The van der Waals surface area contributed by atoms with E-state index in [0.717, 1.165) is 31.4 Å². The van der Waals surface area contributed by atoms with Crippen LogP contribution < -0.4 is 10.1 Å². The van der Waals surface area contributed by atoms with Crippen LogP contribution in [0.25, 0.3) is 0 Å². The molecule has 0 spiro atoms. The van der Waals surface area contributed by atoms with Gasteiger partial charge in [-0.05, 0) is 36.4 Å². The Morgan fingerprint density at radius 2 is 2.00 bits per heavy atom. The smallest absolute Gasteiger partial charge is 0.176 e. The summed E-state index contributed by atoms with van der Waals surface area (Å²) in [6, 6.07) is 11.8. The highest BCUT2D eigenvalue weighted by molar-refractivity contribution is 7.12. The van der Waals surface area contributed by atoms with Crippen molar-refractivity contribution in [3.63, 3.8) is 0 Å². The lowest BCUT2D eigenvalue weighted by Crippen LogP contribution is -2.32. The topological polar surface area (TPSA) is 78.8 Å². The van der Waals surface area contributed by atoms with Crippen molar-refractivity contribution < 1.29 is 19.3 Å². The Morgan fingerprint density at radius 3 is 2.70 bits per heavy atom. The number of ether oxygens (including phenoxy) is 1. The third-order valence-electron chi connectivity index (χ3n) is 3.88. The standard InChI is InChI=1S/C20H27NO3S.ClHO/c1-2-3-12-21-14-17(22)15-24-19-11-13-25-20(19)18(23)10-9-16-7-5-4-6-8-16;1-2/h4-8,11,13,17,21-22H,2-3,9-10,12,14-15H2,1H3;2H. The van der Waals surface area contributed by atoms with Crippen LogP contribution >= 0.6 is 23.2 Å². The van der Waals surface area contributed by atoms with Crippen molar-refractivity contribution in [1.29, 1.82) is 0 Å². The van der Waals surface area contributed by atoms with Gasteiger partial charge in [0.25, 0.3) is 0 Å². The van der Waals surface area contributed by atoms with E-state index in [1.807, 2.05) is 35.7 Å². The van der Waals surface area contributed by atoms with E-state index in [4.69, 9.17) is 9.40 Å². The monoisotopic (exact) mass is 413 g/mol. The molecule has 1 aromatic carbocycles. The molecule has 2 aromatic rings. The number of halogens is 1. The van der Waals surface area contributed by atoms with E-state index in [9.17, 15) is 9.90 Å². The summed E-state index contributed by atoms with van der Waals surface area (Å²) in [5.74, 6) is 0.667. The van der Waals surface area contributed by atoms with Crippen molar-refractivity contribution >= 4 is 29.0 Å². The van der Waals surface area contributed by atoms with E-state index in [-0.39, 0.29) is 12.4 Å². The number of aliphatic hydroxyl groups excluding tert-OH is 1. The van der Waals surface area contributed by atoms with Crippen LogP contribution in [0.15, 0.2) is 41.8 Å². The molecule has 0 saturated heterocycles. The van der Waals surface area contributed by atoms with Crippen LogP contribution in [0, 0.1) is 0 Å². The summed E-state index contributed by atoms with van der Waals surface area (Å²) >= 11 is 5.04. The highest BCUT2D eigenvalue weighted by Gasteiger charge is 2.15. The molecule has 0 radical (unpaired) electrons. The summed E-state index contributed by atoms with van der Waals surface area (Å²) in [5.41, 5.74) is 1.16. The van der Waals surface area contributed by atoms with Crippen LogP contribution in [0.2, 0.25) is 0 Å². The molecule has 3 N–H and O–H groups in total. The normalized spacial score (nSPS) is 11.4. The molecule has 0 aliphatic heterocycles. The number of benzene rings is 1. The predicted octanol–water partition coefficient (Wildman–Crippen LogP) is 3.83. The van der Waals surface area contributed by atoms with Gasteiger partial charge >= 0.3 is 0 Å². The van der Waals surface area contributed by atoms with Gasteiger partial charge in [-0.3, -0.25) is 9.45 Å². The van der Waals surface area contributed by atoms with Gasteiger partial charge < -0.3 is 15.2 Å². The molecule has 1 aromatic heterocycles. The van der Waals surface area contributed by atoms with E-state index in [0.29, 0.717) is 23.6 Å². The van der Waals surface area contributed by atoms with Crippen LogP contribution in [0.5, 0.6) is 5.75 Å². The summed E-state index contributed by atoms with van der Waals surface area (Å²) in [6.07, 6.45) is 2.83. The number of rotatable bonds is 12. The first-order valence-corrected chi connectivity index (χ1v) is 10.3. The molecular formula is C20H28ClNO4S. The number of unbranched alkanes of at least 4 members (excludes halogenated alkanes) is 1. The maximum atomic E-state index is 12.4. The zero-order chi connectivity index (χ0) is 19.9. The Kier molecular flexibility index (Phi) is 12.8. The summed E-state index contributed by atoms with van der Waals surface area (Å²) in [5, 5.41) is 15.0. The molecule has 5 nitrogen and oxygen atoms in total. The highest BCUT2D eigenvalue weighted by atomic mass is 35.5. The lowest BCUT2D eigenvalue weighted by molar-refractivity contribution is 0.0956. The zero-order valence-electron chi connectivity index (χ0n) is 15.6. The molecule has 0 bridgehead atoms. The van der Waals surface area contributed by atoms with Gasteiger partial charge in [-0.2, -0.15) is 0 Å². The average molecular weight is 414 g/mol. The highest BCUT2D eigenvalue weighted by Crippen LogP contribution is 2.27. The van der Waals surface area contributed by atoms with Crippen molar-refractivity contribution in [1.82, 2.24) is 5.32 Å². The fourth-order valence-electron chi connectivity index (χ4n) is 2.45. The van der Waals surface area contributed by atoms with Crippen molar-refractivity contribution in [3.05, 3.63) is 52.2 Å². The molecule has 1 atom stereocenters. The summed E-state index contributed by atoms with van der Waals surface area (Å²) in [6.45, 7) is 3.72. The molecule has 1 heterocycles. The Balaban J connectivity index is 0.00000176. The van der Waals surface area contributed by atoms with Gasteiger partial charge in [-0.15, -0.1) is 11.3 Å². The van der Waals surface area contributed by atoms with E-state index in [1.165, 1.54) is 11.3 Å². The number of hydrogen-bond acceptors (Lipinski definition) is 6. The molecule has 2 rings (SSSR count). The average Bonchev–Trinajstić information content (AvgIpc) is 3.19. The minimum absolute atomic E-state index is 0.0874. The lowest BCUT2D eigenvalue weighted by atomic mass is 10.1. The molecule has 7 heteroatoms. The number of carbonyl (C=O) groups is 1. The Morgan fingerprint density at radius 1 is 1.26 bits per heavy atom. The number of carbonyl (C=O) groups excluding carboxylic acids is 1. The first kappa shape index (κ1) is 23.6. The van der Waals surface area contributed by atoms with Gasteiger partial charge in [0.1, 0.15) is 23.3 Å². The quantitative estimate of drug-likeness (QED) is 0.364. The molecular weight excluding hydrogens is 386 g/mol. The number of hydrogen-bond donors (Lipinski definition) is 3. The maximum Gasteiger partial charge on any atom is 0.176 e. The molecule has 0 amide bonds. The SMILES string of the molecule is CCCCNCC(O)COc1ccsc1C(=O)CCc1ccccc1.OCl. The van der Waals surface area contributed by atoms with Gasteiger partial charge in [0.2, 0.25) is 0 Å². The Labute approximate surface area is 170 Å². The third-order valence-corrected chi connectivity index (χ3v) is 4.82. The zero-order valence-corrected chi connectivity index (χ0v) is 17.1. The molecule has 27 heavy (non-hydrogen) atoms. The second kappa shape index (κ2) is 14.6. The molecule has 0 fully saturated rings. The first-order chi connectivity index (χ1) is 13.2. The van der Waals surface area contributed by atoms with Crippen LogP contribution in [-0.4, -0.2) is 41.3 Å². The number of aliphatic hydroxyl groups is 1. The second-order valence-corrected chi connectivity index (χ2v) is 6.96. The van der Waals surface area contributed by atoms with Crippen LogP contribution in [0.1, 0.15) is 41.4 Å². The van der Waals surface area contributed by atoms with E-state index in [2.05, 4.69) is 24.1 Å².